The van der Waals surface area contributed by atoms with E-state index in [-0.39, 0.29) is 0 Å². The Labute approximate surface area is 48.2 Å². The molecule has 0 bridgehead atoms. The van der Waals surface area contributed by atoms with E-state index in [0.29, 0.717) is 0 Å². The summed E-state index contributed by atoms with van der Waals surface area (Å²) in [5, 5.41) is 0. The van der Waals surface area contributed by atoms with E-state index in [1.54, 1.807) is 0 Å². The van der Waals surface area contributed by atoms with Crippen LogP contribution in [0.25, 0.3) is 0 Å². The molecule has 0 fully saturated rings. The molecule has 0 aliphatic carbocycles. The van der Waals surface area contributed by atoms with Crippen molar-refractivity contribution in [2.24, 2.45) is 0 Å². The number of hydrogen-bond acceptors (Lipinski definition) is 4. The normalized spacial score (nSPS) is 13.8. The van der Waals surface area contributed by atoms with Gasteiger partial charge < -0.3 is 4.55 Å². The number of hydrogen-bond donors (Lipinski definition) is 0. The highest BCUT2D eigenvalue weighted by molar-refractivity contribution is 7.80. The minimum Gasteiger partial charge on any atom is -0.725 e. The van der Waals surface area contributed by atoms with Crippen LogP contribution in [0, 0.1) is 0 Å². The Balaban J connectivity index is 4.07. The third-order valence-electron chi connectivity index (χ3n) is 0.197. The Morgan fingerprint density at radius 3 is 1.67 bits per heavy atom. The Morgan fingerprint density at radius 2 is 1.67 bits per heavy atom. The molecule has 0 unspecified atom stereocenters. The van der Waals surface area contributed by atoms with Gasteiger partial charge in [0.25, 0.3) is 0 Å². The van der Waals surface area contributed by atoms with Crippen LogP contribution in [0.5, 0.6) is 0 Å². The van der Waals surface area contributed by atoms with Gasteiger partial charge in [-0.05, 0) is 0 Å². The third-order valence-corrected chi connectivity index (χ3v) is 0.590. The van der Waals surface area contributed by atoms with Crippen LogP contribution in [0.1, 0.15) is 0 Å². The molecule has 0 spiro atoms. The Morgan fingerprint density at radius 1 is 1.33 bits per heavy atom. The van der Waals surface area contributed by atoms with Crippen molar-refractivity contribution in [2.45, 2.75) is 6.36 Å². The standard InChI is InChI=1S/CHF3O4S/c2-1(3,4)8-9(5,6)7/h(H,5,6,7)/p-1. The quantitative estimate of drug-likeness (QED) is 0.404. The van der Waals surface area contributed by atoms with Crippen LogP contribution in [0.3, 0.4) is 0 Å². The first-order valence-corrected chi connectivity index (χ1v) is 2.77. The van der Waals surface area contributed by atoms with Crippen LogP contribution in [0.2, 0.25) is 0 Å². The second-order valence-electron chi connectivity index (χ2n) is 0.937. The van der Waals surface area contributed by atoms with E-state index in [0.717, 1.165) is 0 Å². The summed E-state index contributed by atoms with van der Waals surface area (Å²) in [5.74, 6) is 0. The molecule has 0 radical (unpaired) electrons. The van der Waals surface area contributed by atoms with Gasteiger partial charge in [0.1, 0.15) is 0 Å². The van der Waals surface area contributed by atoms with Crippen molar-refractivity contribution in [1.29, 1.82) is 0 Å². The van der Waals surface area contributed by atoms with Gasteiger partial charge in [-0.25, -0.2) is 8.42 Å². The molecule has 0 rings (SSSR count). The van der Waals surface area contributed by atoms with Gasteiger partial charge in [0, 0.05) is 0 Å². The van der Waals surface area contributed by atoms with E-state index in [4.69, 9.17) is 13.0 Å². The molecule has 4 nitrogen and oxygen atoms in total. The summed E-state index contributed by atoms with van der Waals surface area (Å²) in [6.45, 7) is 0. The van der Waals surface area contributed by atoms with Gasteiger partial charge in [0.15, 0.2) is 0 Å². The van der Waals surface area contributed by atoms with E-state index < -0.39 is 16.8 Å². The molecule has 0 aromatic carbocycles. The van der Waals surface area contributed by atoms with Crippen molar-refractivity contribution in [3.8, 4) is 0 Å². The molecule has 0 heterocycles. The highest BCUT2D eigenvalue weighted by atomic mass is 32.3. The smallest absolute Gasteiger partial charge is 0.536 e. The average Bonchev–Trinajstić information content (AvgIpc) is 1.14. The average molecular weight is 165 g/mol. The molecule has 0 atom stereocenters. The van der Waals surface area contributed by atoms with Crippen LogP contribution < -0.4 is 0 Å². The van der Waals surface area contributed by atoms with Gasteiger partial charge in [0.2, 0.25) is 10.4 Å². The van der Waals surface area contributed by atoms with Gasteiger partial charge in [0.05, 0.1) is 0 Å². The zero-order valence-electron chi connectivity index (χ0n) is 3.68. The minimum atomic E-state index is -5.66. The maximum absolute atomic E-state index is 10.8. The maximum Gasteiger partial charge on any atom is 0.536 e. The highest BCUT2D eigenvalue weighted by Crippen LogP contribution is 2.17. The van der Waals surface area contributed by atoms with Crippen molar-refractivity contribution in [2.75, 3.05) is 0 Å². The zero-order valence-corrected chi connectivity index (χ0v) is 4.49. The fourth-order valence-electron chi connectivity index (χ4n) is 0.116. The lowest BCUT2D eigenvalue weighted by Crippen LogP contribution is -2.18. The summed E-state index contributed by atoms with van der Waals surface area (Å²) in [4.78, 5) is 0. The van der Waals surface area contributed by atoms with E-state index in [2.05, 4.69) is 0 Å². The molecule has 0 aliphatic heterocycles. The lowest BCUT2D eigenvalue weighted by molar-refractivity contribution is -0.275. The first-order valence-electron chi connectivity index (χ1n) is 1.44. The maximum atomic E-state index is 10.8. The number of alkyl halides is 3. The van der Waals surface area contributed by atoms with Gasteiger partial charge in [-0.1, -0.05) is 0 Å². The molecule has 0 N–H and O–H groups in total. The second kappa shape index (κ2) is 2.12. The monoisotopic (exact) mass is 165 g/mol. The lowest BCUT2D eigenvalue weighted by atomic mass is 11.4. The van der Waals surface area contributed by atoms with Gasteiger partial charge in [-0.2, -0.15) is 4.18 Å². The fraction of sp³-hybridized carbons (Fsp3) is 1.00. The summed E-state index contributed by atoms with van der Waals surface area (Å²) in [6.07, 6.45) is -5.42. The van der Waals surface area contributed by atoms with E-state index in [1.165, 1.54) is 0 Å². The van der Waals surface area contributed by atoms with E-state index in [1.807, 2.05) is 4.18 Å². The predicted octanol–water partition coefficient (Wildman–Crippen LogP) is -0.0170. The van der Waals surface area contributed by atoms with Gasteiger partial charge in [-0.15, -0.1) is 13.2 Å². The molecule has 0 aromatic rings. The van der Waals surface area contributed by atoms with E-state index in [9.17, 15) is 13.2 Å². The van der Waals surface area contributed by atoms with Crippen molar-refractivity contribution in [3.05, 3.63) is 0 Å². The van der Waals surface area contributed by atoms with Crippen molar-refractivity contribution < 1.29 is 30.3 Å². The van der Waals surface area contributed by atoms with Gasteiger partial charge >= 0.3 is 6.36 Å². The summed E-state index contributed by atoms with van der Waals surface area (Å²) < 4.78 is 61.7. The lowest BCUT2D eigenvalue weighted by Gasteiger charge is -2.08. The fourth-order valence-corrected chi connectivity index (χ4v) is 0.347. The number of halogens is 3. The summed E-state index contributed by atoms with van der Waals surface area (Å²) in [7, 11) is -5.66. The molecule has 0 saturated carbocycles. The largest absolute Gasteiger partial charge is 0.725 e. The van der Waals surface area contributed by atoms with Crippen LogP contribution in [0.15, 0.2) is 0 Å². The first-order chi connectivity index (χ1) is 3.71. The first kappa shape index (κ1) is 8.66. The Bertz CT molecular complexity index is 176. The molecule has 0 amide bonds. The third kappa shape index (κ3) is 7.66. The summed E-state index contributed by atoms with van der Waals surface area (Å²) >= 11 is 0. The molecule has 56 valence electrons. The van der Waals surface area contributed by atoms with Crippen molar-refractivity contribution >= 4 is 10.4 Å². The molecule has 0 aliphatic rings. The SMILES string of the molecule is O=S(=O)([O-])OC(F)(F)F. The predicted molar refractivity (Wildman–Crippen MR) is 16.8 cm³/mol. The second-order valence-corrected chi connectivity index (χ2v) is 1.92. The van der Waals surface area contributed by atoms with E-state index >= 15 is 0 Å². The number of rotatable bonds is 1. The van der Waals surface area contributed by atoms with Crippen LogP contribution in [0.4, 0.5) is 13.2 Å². The molecular weight excluding hydrogens is 165 g/mol. The Kier molecular flexibility index (Phi) is 2.04. The van der Waals surface area contributed by atoms with Crippen LogP contribution in [-0.2, 0) is 14.6 Å². The van der Waals surface area contributed by atoms with Crippen molar-refractivity contribution in [1.82, 2.24) is 0 Å². The summed E-state index contributed by atoms with van der Waals surface area (Å²) in [6, 6.07) is 0. The minimum absolute atomic E-state index is 2.04. The molecule has 8 heteroatoms. The molecule has 9 heavy (non-hydrogen) atoms. The highest BCUT2D eigenvalue weighted by Gasteiger charge is 2.32. The van der Waals surface area contributed by atoms with Crippen LogP contribution >= 0.6 is 0 Å². The zero-order chi connectivity index (χ0) is 7.71. The topological polar surface area (TPSA) is 66.4 Å². The molecule has 0 saturated heterocycles. The molecule has 0 aromatic heterocycles. The summed E-state index contributed by atoms with van der Waals surface area (Å²) in [5.41, 5.74) is 0. The Hall–Kier alpha value is -0.340. The van der Waals surface area contributed by atoms with Crippen molar-refractivity contribution in [3.63, 3.8) is 0 Å². The van der Waals surface area contributed by atoms with Crippen LogP contribution in [-0.4, -0.2) is 19.3 Å². The van der Waals surface area contributed by atoms with Gasteiger partial charge in [-0.3, -0.25) is 0 Å². The molecular formula is CF3O4S-.